The van der Waals surface area contributed by atoms with Gasteiger partial charge < -0.3 is 0 Å². The van der Waals surface area contributed by atoms with Gasteiger partial charge in [0.2, 0.25) is 0 Å². The predicted octanol–water partition coefficient (Wildman–Crippen LogP) is 3.92. The van der Waals surface area contributed by atoms with E-state index in [1.54, 1.807) is 0 Å². The third kappa shape index (κ3) is 3.56. The van der Waals surface area contributed by atoms with Gasteiger partial charge in [0.05, 0.1) is 0 Å². The van der Waals surface area contributed by atoms with Crippen LogP contribution in [0.5, 0.6) is 0 Å². The fraction of sp³-hybridized carbons (Fsp3) is 0.625. The quantitative estimate of drug-likeness (QED) is 0.612. The van der Waals surface area contributed by atoms with Crippen molar-refractivity contribution in [3.63, 3.8) is 0 Å². The van der Waals surface area contributed by atoms with Crippen molar-refractivity contribution < 1.29 is 0 Å². The maximum Gasteiger partial charge on any atom is 0.0487 e. The average molecular weight is 248 g/mol. The molecule has 102 valence electrons. The number of nitrogens with two attached hydrogens (primary N) is 1. The fourth-order valence-corrected chi connectivity index (χ4v) is 2.46. The second kappa shape index (κ2) is 6.35. The van der Waals surface area contributed by atoms with E-state index in [-0.39, 0.29) is 11.5 Å². The van der Waals surface area contributed by atoms with E-state index in [9.17, 15) is 0 Å². The van der Waals surface area contributed by atoms with Crippen LogP contribution in [0.25, 0.3) is 0 Å². The summed E-state index contributed by atoms with van der Waals surface area (Å²) in [5.41, 5.74) is 5.84. The molecule has 0 fully saturated rings. The lowest BCUT2D eigenvalue weighted by Crippen LogP contribution is -2.33. The lowest BCUT2D eigenvalue weighted by Gasteiger charge is -2.26. The summed E-state index contributed by atoms with van der Waals surface area (Å²) in [5.74, 6) is 6.32. The van der Waals surface area contributed by atoms with Crippen molar-refractivity contribution in [1.29, 1.82) is 0 Å². The smallest absolute Gasteiger partial charge is 0.0487 e. The molecule has 3 N–H and O–H groups in total. The van der Waals surface area contributed by atoms with Gasteiger partial charge in [0.25, 0.3) is 0 Å². The van der Waals surface area contributed by atoms with Gasteiger partial charge in [-0.1, -0.05) is 71.7 Å². The van der Waals surface area contributed by atoms with Crippen LogP contribution in [0.1, 0.15) is 64.6 Å². The average Bonchev–Trinajstić information content (AvgIpc) is 2.35. The van der Waals surface area contributed by atoms with Crippen LogP contribution in [0.3, 0.4) is 0 Å². The van der Waals surface area contributed by atoms with Gasteiger partial charge in [-0.25, -0.2) is 0 Å². The zero-order valence-electron chi connectivity index (χ0n) is 12.5. The first-order chi connectivity index (χ1) is 8.43. The van der Waals surface area contributed by atoms with Crippen molar-refractivity contribution in [2.24, 2.45) is 11.8 Å². The molecule has 0 aliphatic carbocycles. The molecular weight excluding hydrogens is 220 g/mol. The lowest BCUT2D eigenvalue weighted by atomic mass is 9.84. The second-order valence-corrected chi connectivity index (χ2v) is 6.09. The monoisotopic (exact) mass is 248 g/mol. The standard InChI is InChI=1S/C16H28N2/c1-6-12(7-2)15(18-17)13-8-10-14(11-9-13)16(3,4)5/h8-12,15,18H,6-7,17H2,1-5H3. The predicted molar refractivity (Wildman–Crippen MR) is 79.3 cm³/mol. The highest BCUT2D eigenvalue weighted by Crippen LogP contribution is 2.29. The third-order valence-corrected chi connectivity index (χ3v) is 3.84. The normalized spacial score (nSPS) is 13.9. The van der Waals surface area contributed by atoms with Crippen LogP contribution in [0, 0.1) is 5.92 Å². The molecule has 18 heavy (non-hydrogen) atoms. The lowest BCUT2D eigenvalue weighted by molar-refractivity contribution is 0.345. The van der Waals surface area contributed by atoms with Crippen molar-refractivity contribution in [3.05, 3.63) is 35.4 Å². The van der Waals surface area contributed by atoms with Crippen LogP contribution in [-0.4, -0.2) is 0 Å². The van der Waals surface area contributed by atoms with E-state index < -0.39 is 0 Å². The SMILES string of the molecule is CCC(CC)C(NN)c1ccc(C(C)(C)C)cc1. The summed E-state index contributed by atoms with van der Waals surface area (Å²) in [6.07, 6.45) is 2.29. The van der Waals surface area contributed by atoms with Crippen molar-refractivity contribution in [3.8, 4) is 0 Å². The molecule has 2 nitrogen and oxygen atoms in total. The van der Waals surface area contributed by atoms with E-state index in [4.69, 9.17) is 5.84 Å². The van der Waals surface area contributed by atoms with Gasteiger partial charge in [0.1, 0.15) is 0 Å². The summed E-state index contributed by atoms with van der Waals surface area (Å²) in [4.78, 5) is 0. The van der Waals surface area contributed by atoms with Crippen molar-refractivity contribution in [2.45, 2.75) is 58.9 Å². The van der Waals surface area contributed by atoms with Gasteiger partial charge in [-0.05, 0) is 22.5 Å². The molecular formula is C16H28N2. The molecule has 0 saturated heterocycles. The Hall–Kier alpha value is -0.860. The van der Waals surface area contributed by atoms with Gasteiger partial charge in [0.15, 0.2) is 0 Å². The molecule has 0 bridgehead atoms. The molecule has 0 aliphatic rings. The highest BCUT2D eigenvalue weighted by molar-refractivity contribution is 5.29. The molecule has 0 aliphatic heterocycles. The van der Waals surface area contributed by atoms with Crippen molar-refractivity contribution in [2.75, 3.05) is 0 Å². The first-order valence-electron chi connectivity index (χ1n) is 7.00. The number of hydrogen-bond donors (Lipinski definition) is 2. The topological polar surface area (TPSA) is 38.0 Å². The van der Waals surface area contributed by atoms with Crippen LogP contribution >= 0.6 is 0 Å². The van der Waals surface area contributed by atoms with E-state index in [0.717, 1.165) is 12.8 Å². The summed E-state index contributed by atoms with van der Waals surface area (Å²) in [7, 11) is 0. The highest BCUT2D eigenvalue weighted by atomic mass is 15.2. The summed E-state index contributed by atoms with van der Waals surface area (Å²) in [6, 6.07) is 9.13. The molecule has 0 saturated carbocycles. The van der Waals surface area contributed by atoms with Crippen LogP contribution in [0.4, 0.5) is 0 Å². The number of hydrazine groups is 1. The minimum Gasteiger partial charge on any atom is -0.271 e. The van der Waals surface area contributed by atoms with E-state index in [0.29, 0.717) is 5.92 Å². The van der Waals surface area contributed by atoms with Gasteiger partial charge in [-0.15, -0.1) is 0 Å². The fourth-order valence-electron chi connectivity index (χ4n) is 2.46. The number of hydrogen-bond acceptors (Lipinski definition) is 2. The molecule has 0 heterocycles. The Bertz CT molecular complexity index is 344. The number of nitrogens with one attached hydrogen (secondary N) is 1. The van der Waals surface area contributed by atoms with E-state index in [2.05, 4.69) is 64.3 Å². The summed E-state index contributed by atoms with van der Waals surface area (Å²) in [5, 5.41) is 0. The molecule has 0 radical (unpaired) electrons. The minimum absolute atomic E-state index is 0.207. The number of rotatable bonds is 5. The zero-order valence-corrected chi connectivity index (χ0v) is 12.5. The second-order valence-electron chi connectivity index (χ2n) is 6.09. The van der Waals surface area contributed by atoms with Crippen molar-refractivity contribution >= 4 is 0 Å². The van der Waals surface area contributed by atoms with E-state index in [1.165, 1.54) is 11.1 Å². The summed E-state index contributed by atoms with van der Waals surface area (Å²) >= 11 is 0. The summed E-state index contributed by atoms with van der Waals surface area (Å²) < 4.78 is 0. The Morgan fingerprint density at radius 2 is 1.56 bits per heavy atom. The van der Waals surface area contributed by atoms with Gasteiger partial charge in [-0.3, -0.25) is 11.3 Å². The zero-order chi connectivity index (χ0) is 13.8. The third-order valence-electron chi connectivity index (χ3n) is 3.84. The highest BCUT2D eigenvalue weighted by Gasteiger charge is 2.20. The minimum atomic E-state index is 0.207. The Kier molecular flexibility index (Phi) is 5.36. The van der Waals surface area contributed by atoms with Crippen LogP contribution in [-0.2, 0) is 5.41 Å². The Morgan fingerprint density at radius 1 is 1.06 bits per heavy atom. The Labute approximate surface area is 112 Å². The molecule has 1 aromatic carbocycles. The summed E-state index contributed by atoms with van der Waals surface area (Å²) in [6.45, 7) is 11.2. The first kappa shape index (κ1) is 15.2. The van der Waals surface area contributed by atoms with Crippen molar-refractivity contribution in [1.82, 2.24) is 5.43 Å². The molecule has 1 rings (SSSR count). The van der Waals surface area contributed by atoms with Crippen LogP contribution < -0.4 is 11.3 Å². The number of benzene rings is 1. The van der Waals surface area contributed by atoms with Gasteiger partial charge >= 0.3 is 0 Å². The van der Waals surface area contributed by atoms with E-state index >= 15 is 0 Å². The Morgan fingerprint density at radius 3 is 1.89 bits per heavy atom. The van der Waals surface area contributed by atoms with Crippen LogP contribution in [0.15, 0.2) is 24.3 Å². The largest absolute Gasteiger partial charge is 0.271 e. The van der Waals surface area contributed by atoms with Gasteiger partial charge in [-0.2, -0.15) is 0 Å². The molecule has 0 aromatic heterocycles. The molecule has 1 atom stereocenters. The molecule has 1 unspecified atom stereocenters. The van der Waals surface area contributed by atoms with Crippen LogP contribution in [0.2, 0.25) is 0 Å². The Balaban J connectivity index is 2.95. The van der Waals surface area contributed by atoms with Gasteiger partial charge in [0, 0.05) is 6.04 Å². The maximum absolute atomic E-state index is 5.73. The van der Waals surface area contributed by atoms with E-state index in [1.807, 2.05) is 0 Å². The molecule has 2 heteroatoms. The maximum atomic E-state index is 5.73. The molecule has 0 amide bonds. The molecule has 1 aromatic rings. The first-order valence-corrected chi connectivity index (χ1v) is 7.00. The molecule has 0 spiro atoms.